The fourth-order valence-corrected chi connectivity index (χ4v) is 3.07. The number of rotatable bonds is 3. The van der Waals surface area contributed by atoms with E-state index in [0.717, 1.165) is 16.8 Å². The van der Waals surface area contributed by atoms with Crippen LogP contribution >= 0.6 is 11.3 Å². The Morgan fingerprint density at radius 2 is 2.23 bits per heavy atom. The quantitative estimate of drug-likeness (QED) is 0.813. The van der Waals surface area contributed by atoms with Crippen LogP contribution in [0.1, 0.15) is 18.1 Å². The summed E-state index contributed by atoms with van der Waals surface area (Å²) < 4.78 is 5.23. The largest absolute Gasteiger partial charge is 0.449 e. The number of thiophene rings is 1. The molecule has 1 atom stereocenters. The molecule has 1 aromatic heterocycles. The predicted octanol–water partition coefficient (Wildman–Crippen LogP) is 4.82. The zero-order chi connectivity index (χ0) is 15.4. The Morgan fingerprint density at radius 1 is 1.36 bits per heavy atom. The topological polar surface area (TPSA) is 29.5 Å². The molecular weight excluding hydrogens is 294 g/mol. The third-order valence-electron chi connectivity index (χ3n) is 3.46. The molecule has 0 spiro atoms. The van der Waals surface area contributed by atoms with Crippen LogP contribution in [0.2, 0.25) is 0 Å². The van der Waals surface area contributed by atoms with E-state index in [2.05, 4.69) is 11.4 Å². The third kappa shape index (κ3) is 2.97. The fraction of sp³-hybridized carbons (Fsp3) is 0.167. The summed E-state index contributed by atoms with van der Waals surface area (Å²) in [6.07, 6.45) is 7.80. The molecular formula is C18H17NO2S. The first-order valence-corrected chi connectivity index (χ1v) is 8.17. The Bertz CT molecular complexity index is 704. The van der Waals surface area contributed by atoms with Gasteiger partial charge in [0.1, 0.15) is 0 Å². The van der Waals surface area contributed by atoms with Gasteiger partial charge in [-0.15, -0.1) is 0 Å². The van der Waals surface area contributed by atoms with Gasteiger partial charge in [0.15, 0.2) is 0 Å². The van der Waals surface area contributed by atoms with Crippen LogP contribution in [-0.2, 0) is 4.74 Å². The van der Waals surface area contributed by atoms with Gasteiger partial charge in [0.25, 0.3) is 0 Å². The highest BCUT2D eigenvalue weighted by molar-refractivity contribution is 7.08. The van der Waals surface area contributed by atoms with E-state index >= 15 is 0 Å². The monoisotopic (exact) mass is 311 g/mol. The minimum absolute atomic E-state index is 0.145. The standard InChI is InChI=1S/C18H17NO2S/c1-2-21-18(20)19-16(9-7-14-11-12-22-13-14)10-8-15-5-3-4-6-17(15)19/h3-13,16H,2H2,1H3/b9-7+/t16-/m0/s1. The zero-order valence-electron chi connectivity index (χ0n) is 12.3. The van der Waals surface area contributed by atoms with Crippen molar-refractivity contribution in [1.82, 2.24) is 0 Å². The van der Waals surface area contributed by atoms with Gasteiger partial charge in [-0.05, 0) is 40.9 Å². The van der Waals surface area contributed by atoms with E-state index in [1.807, 2.05) is 60.9 Å². The number of carbonyl (C=O) groups is 1. The summed E-state index contributed by atoms with van der Waals surface area (Å²) in [5, 5.41) is 4.11. The number of carbonyl (C=O) groups excluding carboxylic acids is 1. The highest BCUT2D eigenvalue weighted by Crippen LogP contribution is 2.30. The molecule has 0 radical (unpaired) electrons. The van der Waals surface area contributed by atoms with Gasteiger partial charge in [0.2, 0.25) is 0 Å². The molecule has 4 heteroatoms. The lowest BCUT2D eigenvalue weighted by Gasteiger charge is -2.31. The maximum atomic E-state index is 12.4. The van der Waals surface area contributed by atoms with E-state index < -0.39 is 0 Å². The number of hydrogen-bond acceptors (Lipinski definition) is 3. The summed E-state index contributed by atoms with van der Waals surface area (Å²) in [7, 11) is 0. The van der Waals surface area contributed by atoms with Gasteiger partial charge in [-0.25, -0.2) is 4.79 Å². The van der Waals surface area contributed by atoms with E-state index in [-0.39, 0.29) is 12.1 Å². The van der Waals surface area contributed by atoms with Crippen LogP contribution in [0.3, 0.4) is 0 Å². The minimum atomic E-state index is -0.320. The highest BCUT2D eigenvalue weighted by Gasteiger charge is 2.27. The van der Waals surface area contributed by atoms with Crippen LogP contribution in [0.4, 0.5) is 10.5 Å². The average Bonchev–Trinajstić information content (AvgIpc) is 3.06. The minimum Gasteiger partial charge on any atom is -0.449 e. The van der Waals surface area contributed by atoms with Crippen LogP contribution in [0.5, 0.6) is 0 Å². The Labute approximate surface area is 134 Å². The molecule has 1 aliphatic heterocycles. The molecule has 0 fully saturated rings. The Balaban J connectivity index is 1.93. The molecule has 0 aliphatic carbocycles. The molecule has 1 aromatic carbocycles. The lowest BCUT2D eigenvalue weighted by atomic mass is 10.0. The van der Waals surface area contributed by atoms with Crippen LogP contribution in [0.15, 0.2) is 53.2 Å². The number of fused-ring (bicyclic) bond motifs is 1. The van der Waals surface area contributed by atoms with E-state index in [0.29, 0.717) is 6.61 Å². The zero-order valence-corrected chi connectivity index (χ0v) is 13.1. The third-order valence-corrected chi connectivity index (χ3v) is 4.16. The lowest BCUT2D eigenvalue weighted by molar-refractivity contribution is 0.159. The van der Waals surface area contributed by atoms with E-state index in [1.54, 1.807) is 16.2 Å². The molecule has 1 aliphatic rings. The summed E-state index contributed by atoms with van der Waals surface area (Å²) in [5.74, 6) is 0. The van der Waals surface area contributed by atoms with Gasteiger partial charge in [0.05, 0.1) is 18.3 Å². The van der Waals surface area contributed by atoms with E-state index in [1.165, 1.54) is 0 Å². The van der Waals surface area contributed by atoms with E-state index in [4.69, 9.17) is 4.74 Å². The maximum Gasteiger partial charge on any atom is 0.415 e. The van der Waals surface area contributed by atoms with Crippen molar-refractivity contribution in [2.75, 3.05) is 11.5 Å². The molecule has 0 saturated carbocycles. The predicted molar refractivity (Wildman–Crippen MR) is 92.1 cm³/mol. The van der Waals surface area contributed by atoms with Crippen molar-refractivity contribution in [2.24, 2.45) is 0 Å². The first kappa shape index (κ1) is 14.6. The van der Waals surface area contributed by atoms with Gasteiger partial charge in [-0.3, -0.25) is 4.90 Å². The van der Waals surface area contributed by atoms with E-state index in [9.17, 15) is 4.79 Å². The first-order chi connectivity index (χ1) is 10.8. The van der Waals surface area contributed by atoms with Crippen molar-refractivity contribution in [2.45, 2.75) is 13.0 Å². The van der Waals surface area contributed by atoms with Crippen molar-refractivity contribution in [3.8, 4) is 0 Å². The molecule has 2 heterocycles. The van der Waals surface area contributed by atoms with Gasteiger partial charge >= 0.3 is 6.09 Å². The Kier molecular flexibility index (Phi) is 4.39. The summed E-state index contributed by atoms with van der Waals surface area (Å²) in [6, 6.07) is 9.75. The number of para-hydroxylation sites is 1. The molecule has 0 bridgehead atoms. The number of hydrogen-bond donors (Lipinski definition) is 0. The SMILES string of the molecule is CCOC(=O)N1c2ccccc2C=C[C@@H]1/C=C/c1ccsc1. The van der Waals surface area contributed by atoms with Crippen molar-refractivity contribution in [1.29, 1.82) is 0 Å². The second-order valence-electron chi connectivity index (χ2n) is 4.89. The average molecular weight is 311 g/mol. The lowest BCUT2D eigenvalue weighted by Crippen LogP contribution is -2.40. The highest BCUT2D eigenvalue weighted by atomic mass is 32.1. The summed E-state index contributed by atoms with van der Waals surface area (Å²) in [4.78, 5) is 14.1. The van der Waals surface area contributed by atoms with Crippen LogP contribution in [0.25, 0.3) is 12.2 Å². The molecule has 0 saturated heterocycles. The molecule has 112 valence electrons. The van der Waals surface area contributed by atoms with Gasteiger partial charge in [-0.1, -0.05) is 42.5 Å². The van der Waals surface area contributed by atoms with Crippen LogP contribution in [0, 0.1) is 0 Å². The van der Waals surface area contributed by atoms with Gasteiger partial charge in [0, 0.05) is 0 Å². The first-order valence-electron chi connectivity index (χ1n) is 7.23. The molecule has 3 rings (SSSR count). The maximum absolute atomic E-state index is 12.4. The van der Waals surface area contributed by atoms with Gasteiger partial charge in [-0.2, -0.15) is 11.3 Å². The van der Waals surface area contributed by atoms with Gasteiger partial charge < -0.3 is 4.74 Å². The second-order valence-corrected chi connectivity index (χ2v) is 5.67. The molecule has 0 unspecified atom stereocenters. The number of anilines is 1. The molecule has 0 N–H and O–H groups in total. The summed E-state index contributed by atoms with van der Waals surface area (Å²) in [6.45, 7) is 2.18. The fourth-order valence-electron chi connectivity index (χ4n) is 2.44. The summed E-state index contributed by atoms with van der Waals surface area (Å²) >= 11 is 1.66. The Hall–Kier alpha value is -2.33. The summed E-state index contributed by atoms with van der Waals surface area (Å²) in [5.41, 5.74) is 3.04. The van der Waals surface area contributed by atoms with Crippen molar-refractivity contribution < 1.29 is 9.53 Å². The van der Waals surface area contributed by atoms with Crippen LogP contribution < -0.4 is 4.90 Å². The molecule has 3 nitrogen and oxygen atoms in total. The van der Waals surface area contributed by atoms with Crippen LogP contribution in [-0.4, -0.2) is 18.7 Å². The van der Waals surface area contributed by atoms with Crippen molar-refractivity contribution in [3.05, 3.63) is 64.4 Å². The smallest absolute Gasteiger partial charge is 0.415 e. The Morgan fingerprint density at radius 3 is 3.00 bits per heavy atom. The van der Waals surface area contributed by atoms with Crippen molar-refractivity contribution in [3.63, 3.8) is 0 Å². The normalized spacial score (nSPS) is 16.8. The molecule has 22 heavy (non-hydrogen) atoms. The number of amides is 1. The number of ether oxygens (including phenoxy) is 1. The molecule has 1 amide bonds. The van der Waals surface area contributed by atoms with Crippen molar-refractivity contribution >= 4 is 35.3 Å². The number of nitrogens with zero attached hydrogens (tertiary/aromatic N) is 1. The number of benzene rings is 1. The molecule has 2 aromatic rings. The second kappa shape index (κ2) is 6.62.